The Labute approximate surface area is 160 Å². The van der Waals surface area contributed by atoms with Crippen molar-refractivity contribution in [3.05, 3.63) is 71.0 Å². The summed E-state index contributed by atoms with van der Waals surface area (Å²) in [7, 11) is 0. The molecule has 4 nitrogen and oxygen atoms in total. The zero-order valence-corrected chi connectivity index (χ0v) is 16.2. The Morgan fingerprint density at radius 2 is 1.78 bits per heavy atom. The van der Waals surface area contributed by atoms with Crippen LogP contribution in [-0.2, 0) is 22.6 Å². The molecule has 0 aliphatic rings. The van der Waals surface area contributed by atoms with E-state index in [4.69, 9.17) is 0 Å². The van der Waals surface area contributed by atoms with Gasteiger partial charge in [-0.05, 0) is 43.5 Å². The highest BCUT2D eigenvalue weighted by Gasteiger charge is 2.28. The summed E-state index contributed by atoms with van der Waals surface area (Å²) < 4.78 is 13.1. The molecular formula is C22H27FN2O2. The Morgan fingerprint density at radius 1 is 1.07 bits per heavy atom. The van der Waals surface area contributed by atoms with E-state index in [1.54, 1.807) is 17.0 Å². The van der Waals surface area contributed by atoms with E-state index in [9.17, 15) is 14.0 Å². The number of halogens is 1. The van der Waals surface area contributed by atoms with Crippen LogP contribution in [0.3, 0.4) is 0 Å². The van der Waals surface area contributed by atoms with Crippen molar-refractivity contribution >= 4 is 11.8 Å². The molecule has 2 aromatic rings. The van der Waals surface area contributed by atoms with Crippen molar-refractivity contribution in [2.45, 2.75) is 46.2 Å². The second kappa shape index (κ2) is 9.86. The number of aryl methyl sites for hydroxylation is 1. The van der Waals surface area contributed by atoms with Gasteiger partial charge >= 0.3 is 0 Å². The Morgan fingerprint density at radius 3 is 2.37 bits per heavy atom. The molecule has 0 aliphatic heterocycles. The Bertz CT molecular complexity index is 774. The Hall–Kier alpha value is -2.69. The summed E-state index contributed by atoms with van der Waals surface area (Å²) in [6.45, 7) is 6.62. The molecule has 2 rings (SSSR count). The lowest BCUT2D eigenvalue weighted by Crippen LogP contribution is -2.49. The van der Waals surface area contributed by atoms with Gasteiger partial charge in [0.25, 0.3) is 0 Å². The van der Waals surface area contributed by atoms with Gasteiger partial charge in [0.15, 0.2) is 0 Å². The second-order valence-electron chi connectivity index (χ2n) is 6.63. The average Bonchev–Trinajstić information content (AvgIpc) is 2.63. The normalized spacial score (nSPS) is 11.7. The van der Waals surface area contributed by atoms with Crippen LogP contribution in [0.1, 0.15) is 37.0 Å². The minimum absolute atomic E-state index is 0.127. The summed E-state index contributed by atoms with van der Waals surface area (Å²) in [5, 5.41) is 2.82. The highest BCUT2D eigenvalue weighted by Crippen LogP contribution is 2.16. The van der Waals surface area contributed by atoms with Crippen molar-refractivity contribution in [3.63, 3.8) is 0 Å². The molecule has 1 atom stereocenters. The number of hydrogen-bond donors (Lipinski definition) is 1. The third-order valence-corrected chi connectivity index (χ3v) is 4.44. The van der Waals surface area contributed by atoms with Crippen molar-refractivity contribution in [1.29, 1.82) is 0 Å². The van der Waals surface area contributed by atoms with Gasteiger partial charge in [-0.3, -0.25) is 9.59 Å². The molecule has 1 N–H and O–H groups in total. The van der Waals surface area contributed by atoms with E-state index in [0.29, 0.717) is 19.5 Å². The molecule has 0 fully saturated rings. The highest BCUT2D eigenvalue weighted by atomic mass is 19.1. The van der Waals surface area contributed by atoms with Crippen LogP contribution in [0.25, 0.3) is 0 Å². The number of benzene rings is 2. The van der Waals surface area contributed by atoms with Crippen LogP contribution in [0.15, 0.2) is 48.5 Å². The Balaban J connectivity index is 2.27. The van der Waals surface area contributed by atoms with Crippen molar-refractivity contribution in [1.82, 2.24) is 10.2 Å². The number of nitrogens with one attached hydrogen (secondary N) is 1. The van der Waals surface area contributed by atoms with Crippen molar-refractivity contribution < 1.29 is 14.0 Å². The fourth-order valence-corrected chi connectivity index (χ4v) is 3.10. The Kier molecular flexibility index (Phi) is 7.53. The first-order valence-electron chi connectivity index (χ1n) is 9.31. The summed E-state index contributed by atoms with van der Waals surface area (Å²) in [5.74, 6) is -0.641. The van der Waals surface area contributed by atoms with Gasteiger partial charge in [-0.15, -0.1) is 0 Å². The number of amides is 2. The third kappa shape index (κ3) is 5.91. The molecule has 27 heavy (non-hydrogen) atoms. The van der Waals surface area contributed by atoms with Gasteiger partial charge in [0, 0.05) is 13.1 Å². The largest absolute Gasteiger partial charge is 0.355 e. The van der Waals surface area contributed by atoms with E-state index < -0.39 is 6.04 Å². The zero-order valence-electron chi connectivity index (χ0n) is 16.2. The van der Waals surface area contributed by atoms with Gasteiger partial charge in [-0.25, -0.2) is 4.39 Å². The first-order valence-corrected chi connectivity index (χ1v) is 9.31. The summed E-state index contributed by atoms with van der Waals surface area (Å²) in [6, 6.07) is 13.3. The van der Waals surface area contributed by atoms with Gasteiger partial charge in [0.1, 0.15) is 11.9 Å². The van der Waals surface area contributed by atoms with E-state index in [0.717, 1.165) is 16.7 Å². The maximum Gasteiger partial charge on any atom is 0.242 e. The third-order valence-electron chi connectivity index (χ3n) is 4.44. The smallest absolute Gasteiger partial charge is 0.242 e. The van der Waals surface area contributed by atoms with E-state index in [1.165, 1.54) is 12.1 Å². The number of rotatable bonds is 8. The molecule has 144 valence electrons. The van der Waals surface area contributed by atoms with Crippen LogP contribution < -0.4 is 5.32 Å². The lowest BCUT2D eigenvalue weighted by Gasteiger charge is -2.30. The first kappa shape index (κ1) is 20.6. The fraction of sp³-hybridized carbons (Fsp3) is 0.364. The predicted octanol–water partition coefficient (Wildman–Crippen LogP) is 3.62. The number of hydrogen-bond acceptors (Lipinski definition) is 2. The average molecular weight is 370 g/mol. The van der Waals surface area contributed by atoms with Gasteiger partial charge in [0.2, 0.25) is 11.8 Å². The van der Waals surface area contributed by atoms with Crippen molar-refractivity contribution in [2.24, 2.45) is 0 Å². The molecule has 0 bridgehead atoms. The maximum absolute atomic E-state index is 13.1. The molecule has 0 saturated carbocycles. The quantitative estimate of drug-likeness (QED) is 0.772. The predicted molar refractivity (Wildman–Crippen MR) is 105 cm³/mol. The minimum Gasteiger partial charge on any atom is -0.355 e. The van der Waals surface area contributed by atoms with Gasteiger partial charge in [0.05, 0.1) is 6.42 Å². The summed E-state index contributed by atoms with van der Waals surface area (Å²) in [5.41, 5.74) is 2.80. The molecule has 2 aromatic carbocycles. The van der Waals surface area contributed by atoms with Crippen LogP contribution in [0.2, 0.25) is 0 Å². The minimum atomic E-state index is -0.543. The zero-order chi connectivity index (χ0) is 19.8. The first-order chi connectivity index (χ1) is 12.9. The molecule has 0 heterocycles. The standard InChI is InChI=1S/C22H27FN2O2/c1-4-20(22(27)24-5-2)25(15-18-8-6-7-16(3)13-18)21(26)14-17-9-11-19(23)12-10-17/h6-13,20H,4-5,14-15H2,1-3H3,(H,24,27). The molecule has 5 heteroatoms. The SMILES string of the molecule is CCNC(=O)C(CC)N(Cc1cccc(C)c1)C(=O)Cc1ccc(F)cc1. The molecule has 0 saturated heterocycles. The van der Waals surface area contributed by atoms with E-state index in [2.05, 4.69) is 5.32 Å². The van der Waals surface area contributed by atoms with Crippen LogP contribution in [0.5, 0.6) is 0 Å². The van der Waals surface area contributed by atoms with E-state index in [1.807, 2.05) is 45.0 Å². The second-order valence-corrected chi connectivity index (χ2v) is 6.63. The van der Waals surface area contributed by atoms with Gasteiger partial charge in [-0.2, -0.15) is 0 Å². The highest BCUT2D eigenvalue weighted by molar-refractivity contribution is 5.88. The van der Waals surface area contributed by atoms with E-state index >= 15 is 0 Å². The summed E-state index contributed by atoms with van der Waals surface area (Å²) in [6.07, 6.45) is 0.648. The molecule has 0 radical (unpaired) electrons. The molecule has 0 aliphatic carbocycles. The molecule has 0 spiro atoms. The molecule has 1 unspecified atom stereocenters. The lowest BCUT2D eigenvalue weighted by molar-refractivity contribution is -0.140. The molecule has 2 amide bonds. The van der Waals surface area contributed by atoms with Gasteiger partial charge in [-0.1, -0.05) is 48.9 Å². The summed E-state index contributed by atoms with van der Waals surface area (Å²) >= 11 is 0. The topological polar surface area (TPSA) is 49.4 Å². The number of carbonyl (C=O) groups excluding carboxylic acids is 2. The van der Waals surface area contributed by atoms with E-state index in [-0.39, 0.29) is 24.1 Å². The fourth-order valence-electron chi connectivity index (χ4n) is 3.10. The summed E-state index contributed by atoms with van der Waals surface area (Å²) in [4.78, 5) is 27.2. The van der Waals surface area contributed by atoms with Crippen molar-refractivity contribution in [2.75, 3.05) is 6.54 Å². The van der Waals surface area contributed by atoms with Crippen molar-refractivity contribution in [3.8, 4) is 0 Å². The molecule has 0 aromatic heterocycles. The van der Waals surface area contributed by atoms with Gasteiger partial charge < -0.3 is 10.2 Å². The lowest BCUT2D eigenvalue weighted by atomic mass is 10.1. The molecular weight excluding hydrogens is 343 g/mol. The monoisotopic (exact) mass is 370 g/mol. The number of nitrogens with zero attached hydrogens (tertiary/aromatic N) is 1. The number of likely N-dealkylation sites (N-methyl/N-ethyl adjacent to an activating group) is 1. The van der Waals surface area contributed by atoms with Crippen LogP contribution >= 0.6 is 0 Å². The maximum atomic E-state index is 13.1. The number of carbonyl (C=O) groups is 2. The van der Waals surface area contributed by atoms with Crippen LogP contribution in [0.4, 0.5) is 4.39 Å². The van der Waals surface area contributed by atoms with Crippen LogP contribution in [-0.4, -0.2) is 29.3 Å². The van der Waals surface area contributed by atoms with Crippen LogP contribution in [0, 0.1) is 12.7 Å².